The van der Waals surface area contributed by atoms with Crippen LogP contribution >= 0.6 is 0 Å². The van der Waals surface area contributed by atoms with Crippen molar-refractivity contribution in [1.29, 1.82) is 0 Å². The van der Waals surface area contributed by atoms with E-state index in [4.69, 9.17) is 4.74 Å². The Kier molecular flexibility index (Phi) is 5.13. The Labute approximate surface area is 190 Å². The number of hydrogen-bond donors (Lipinski definition) is 0. The summed E-state index contributed by atoms with van der Waals surface area (Å²) in [6.07, 6.45) is 0. The van der Waals surface area contributed by atoms with E-state index in [1.54, 1.807) is 23.7 Å². The molecule has 0 aliphatic rings. The molecule has 6 nitrogen and oxygen atoms in total. The summed E-state index contributed by atoms with van der Waals surface area (Å²) in [6, 6.07) is 16.2. The first-order valence-electron chi connectivity index (χ1n) is 10.9. The molecule has 7 heteroatoms. The number of rotatable bonds is 5. The van der Waals surface area contributed by atoms with Gasteiger partial charge in [0.15, 0.2) is 0 Å². The lowest BCUT2D eigenvalue weighted by Crippen LogP contribution is -2.20. The molecule has 33 heavy (non-hydrogen) atoms. The number of benzene rings is 2. The Morgan fingerprint density at radius 1 is 0.909 bits per heavy atom. The number of fused-ring (bicyclic) bond motifs is 3. The Morgan fingerprint density at radius 3 is 2.36 bits per heavy atom. The summed E-state index contributed by atoms with van der Waals surface area (Å²) in [7, 11) is 5.65. The molecule has 168 valence electrons. The second-order valence-electron chi connectivity index (χ2n) is 8.24. The average Bonchev–Trinajstić information content (AvgIpc) is 3.32. The fourth-order valence-electron chi connectivity index (χ4n) is 4.47. The zero-order chi connectivity index (χ0) is 23.3. The fraction of sp³-hybridized carbons (Fsp3) is 0.231. The van der Waals surface area contributed by atoms with E-state index in [1.165, 1.54) is 12.1 Å². The molecule has 0 atom stereocenters. The molecule has 0 unspecified atom stereocenters. The SMILES string of the molecule is CCOCc1cc(-c2ccc3c(c2)c2cc(-c4ccc(F)cc4)c(=O)n(C)c2n3C)nn1C. The van der Waals surface area contributed by atoms with Crippen LogP contribution in [0.2, 0.25) is 0 Å². The largest absolute Gasteiger partial charge is 0.375 e. The van der Waals surface area contributed by atoms with Gasteiger partial charge in [-0.25, -0.2) is 4.39 Å². The van der Waals surface area contributed by atoms with Crippen molar-refractivity contribution in [3.05, 3.63) is 76.5 Å². The summed E-state index contributed by atoms with van der Waals surface area (Å²) >= 11 is 0. The summed E-state index contributed by atoms with van der Waals surface area (Å²) in [4.78, 5) is 13.1. The van der Waals surface area contributed by atoms with Gasteiger partial charge >= 0.3 is 0 Å². The first-order valence-corrected chi connectivity index (χ1v) is 10.9. The van der Waals surface area contributed by atoms with E-state index < -0.39 is 0 Å². The summed E-state index contributed by atoms with van der Waals surface area (Å²) in [5.74, 6) is -0.328. The Hall–Kier alpha value is -3.71. The molecule has 0 aliphatic heterocycles. The number of aromatic nitrogens is 4. The van der Waals surface area contributed by atoms with Crippen LogP contribution in [0.1, 0.15) is 12.6 Å². The fourth-order valence-corrected chi connectivity index (χ4v) is 4.47. The van der Waals surface area contributed by atoms with Gasteiger partial charge in [0, 0.05) is 49.6 Å². The van der Waals surface area contributed by atoms with Gasteiger partial charge in [0.1, 0.15) is 11.5 Å². The van der Waals surface area contributed by atoms with E-state index in [0.29, 0.717) is 24.3 Å². The van der Waals surface area contributed by atoms with E-state index in [1.807, 2.05) is 48.5 Å². The highest BCUT2D eigenvalue weighted by Crippen LogP contribution is 2.33. The molecule has 0 bridgehead atoms. The second-order valence-corrected chi connectivity index (χ2v) is 8.24. The van der Waals surface area contributed by atoms with Crippen molar-refractivity contribution in [2.24, 2.45) is 21.1 Å². The van der Waals surface area contributed by atoms with Gasteiger partial charge < -0.3 is 9.30 Å². The third-order valence-electron chi connectivity index (χ3n) is 6.23. The minimum atomic E-state index is -0.328. The first-order chi connectivity index (χ1) is 15.9. The molecule has 5 aromatic rings. The Morgan fingerprint density at radius 2 is 1.64 bits per heavy atom. The lowest BCUT2D eigenvalue weighted by molar-refractivity contribution is 0.128. The van der Waals surface area contributed by atoms with E-state index in [-0.39, 0.29) is 11.4 Å². The molecular weight excluding hydrogens is 419 g/mol. The normalized spacial score (nSPS) is 11.7. The molecule has 0 amide bonds. The maximum atomic E-state index is 13.4. The quantitative estimate of drug-likeness (QED) is 0.392. The van der Waals surface area contributed by atoms with Crippen molar-refractivity contribution < 1.29 is 9.13 Å². The van der Waals surface area contributed by atoms with Gasteiger partial charge in [-0.15, -0.1) is 0 Å². The van der Waals surface area contributed by atoms with Crippen molar-refractivity contribution in [3.63, 3.8) is 0 Å². The zero-order valence-electron chi connectivity index (χ0n) is 19.1. The van der Waals surface area contributed by atoms with Gasteiger partial charge in [-0.05, 0) is 48.9 Å². The van der Waals surface area contributed by atoms with E-state index in [0.717, 1.165) is 38.9 Å². The van der Waals surface area contributed by atoms with Crippen LogP contribution in [-0.4, -0.2) is 25.5 Å². The van der Waals surface area contributed by atoms with Crippen LogP contribution in [0.15, 0.2) is 59.4 Å². The van der Waals surface area contributed by atoms with Gasteiger partial charge in [-0.1, -0.05) is 18.2 Å². The number of pyridine rings is 1. The number of aryl methyl sites for hydroxylation is 3. The summed E-state index contributed by atoms with van der Waals surface area (Å²) in [6.45, 7) is 3.14. The van der Waals surface area contributed by atoms with Crippen LogP contribution in [0.4, 0.5) is 4.39 Å². The molecule has 0 spiro atoms. The predicted octanol–water partition coefficient (Wildman–Crippen LogP) is 4.77. The lowest BCUT2D eigenvalue weighted by Gasteiger charge is -2.08. The molecule has 3 aromatic heterocycles. The minimum absolute atomic E-state index is 0.120. The molecule has 5 rings (SSSR count). The van der Waals surface area contributed by atoms with Crippen molar-refractivity contribution in [2.45, 2.75) is 13.5 Å². The van der Waals surface area contributed by atoms with E-state index in [2.05, 4.69) is 17.2 Å². The topological polar surface area (TPSA) is 54.0 Å². The monoisotopic (exact) mass is 444 g/mol. The first kappa shape index (κ1) is 21.2. The Balaban J connectivity index is 1.72. The number of nitrogens with zero attached hydrogens (tertiary/aromatic N) is 4. The highest BCUT2D eigenvalue weighted by molar-refractivity contribution is 6.09. The lowest BCUT2D eigenvalue weighted by atomic mass is 10.0. The van der Waals surface area contributed by atoms with Crippen LogP contribution in [-0.2, 0) is 32.5 Å². The highest BCUT2D eigenvalue weighted by Gasteiger charge is 2.17. The summed E-state index contributed by atoms with van der Waals surface area (Å²) < 4.78 is 24.5. The maximum absolute atomic E-state index is 13.4. The van der Waals surface area contributed by atoms with Gasteiger partial charge in [0.05, 0.1) is 23.5 Å². The predicted molar refractivity (Wildman–Crippen MR) is 129 cm³/mol. The molecule has 3 heterocycles. The molecule has 0 aliphatic carbocycles. The van der Waals surface area contributed by atoms with Crippen molar-refractivity contribution in [2.75, 3.05) is 6.61 Å². The van der Waals surface area contributed by atoms with Crippen LogP contribution in [0.25, 0.3) is 44.3 Å². The molecule has 2 aromatic carbocycles. The van der Waals surface area contributed by atoms with Crippen molar-refractivity contribution in [3.8, 4) is 22.4 Å². The van der Waals surface area contributed by atoms with E-state index in [9.17, 15) is 9.18 Å². The third kappa shape index (κ3) is 3.45. The maximum Gasteiger partial charge on any atom is 0.259 e. The third-order valence-corrected chi connectivity index (χ3v) is 6.23. The standard InChI is InChI=1S/C26H25FN4O2/c1-5-33-15-19-13-23(28-31(19)4)17-8-11-24-21(12-17)22-14-20(16-6-9-18(27)10-7-16)26(32)30(3)25(22)29(24)2/h6-14H,5,15H2,1-4H3. The second kappa shape index (κ2) is 8.01. The minimum Gasteiger partial charge on any atom is -0.375 e. The zero-order valence-corrected chi connectivity index (χ0v) is 19.1. The van der Waals surface area contributed by atoms with Crippen LogP contribution in [0.5, 0.6) is 0 Å². The van der Waals surface area contributed by atoms with Crippen LogP contribution < -0.4 is 5.56 Å². The number of hydrogen-bond acceptors (Lipinski definition) is 3. The van der Waals surface area contributed by atoms with Gasteiger partial charge in [0.25, 0.3) is 5.56 Å². The molecule has 0 N–H and O–H groups in total. The van der Waals surface area contributed by atoms with Gasteiger partial charge in [0.2, 0.25) is 0 Å². The number of halogens is 1. The number of ether oxygens (including phenoxy) is 1. The van der Waals surface area contributed by atoms with E-state index >= 15 is 0 Å². The van der Waals surface area contributed by atoms with Crippen molar-refractivity contribution in [1.82, 2.24) is 18.9 Å². The smallest absolute Gasteiger partial charge is 0.259 e. The molecular formula is C26H25FN4O2. The summed E-state index contributed by atoms with van der Waals surface area (Å²) in [5.41, 5.74) is 5.83. The van der Waals surface area contributed by atoms with Crippen LogP contribution in [0.3, 0.4) is 0 Å². The summed E-state index contributed by atoms with van der Waals surface area (Å²) in [5, 5.41) is 6.66. The molecule has 0 radical (unpaired) electrons. The van der Waals surface area contributed by atoms with Crippen molar-refractivity contribution >= 4 is 21.9 Å². The molecule has 0 fully saturated rings. The van der Waals surface area contributed by atoms with Crippen LogP contribution in [0, 0.1) is 5.82 Å². The van der Waals surface area contributed by atoms with Gasteiger partial charge in [-0.3, -0.25) is 14.0 Å². The highest BCUT2D eigenvalue weighted by atomic mass is 19.1. The molecule has 0 saturated carbocycles. The molecule has 0 saturated heterocycles. The average molecular weight is 445 g/mol. The van der Waals surface area contributed by atoms with Gasteiger partial charge in [-0.2, -0.15) is 5.10 Å². The Bertz CT molecular complexity index is 1560.